The van der Waals surface area contributed by atoms with Gasteiger partial charge in [-0.2, -0.15) is 10.2 Å². The highest BCUT2D eigenvalue weighted by molar-refractivity contribution is 6.04. The summed E-state index contributed by atoms with van der Waals surface area (Å²) < 4.78 is 6.23. The van der Waals surface area contributed by atoms with Gasteiger partial charge in [0.05, 0.1) is 11.9 Å². The van der Waals surface area contributed by atoms with Gasteiger partial charge in [0.15, 0.2) is 5.82 Å². The number of nitrogens with one attached hydrogen (secondary N) is 1. The number of nitrogens with zero attached hydrogens (tertiary/aromatic N) is 3. The molecule has 1 N–H and O–H groups in total. The Hall–Kier alpha value is -3.73. The Morgan fingerprint density at radius 1 is 0.893 bits per heavy atom. The minimum atomic E-state index is -0.0738. The highest BCUT2D eigenvalue weighted by Crippen LogP contribution is 2.35. The molecule has 28 heavy (non-hydrogen) atoms. The summed E-state index contributed by atoms with van der Waals surface area (Å²) in [4.78, 5) is 0. The van der Waals surface area contributed by atoms with Crippen LogP contribution < -0.4 is 10.2 Å². The molecular formula is C23H18N4O. The third kappa shape index (κ3) is 3.07. The zero-order chi connectivity index (χ0) is 18.8. The van der Waals surface area contributed by atoms with E-state index in [0.29, 0.717) is 12.2 Å². The Bertz CT molecular complexity index is 1150. The first-order valence-electron chi connectivity index (χ1n) is 9.22. The highest BCUT2D eigenvalue weighted by Gasteiger charge is 2.26. The lowest BCUT2D eigenvalue weighted by atomic mass is 9.96. The average Bonchev–Trinajstić information content (AvgIpc) is 2.78. The second kappa shape index (κ2) is 7.12. The normalized spacial score (nSPS) is 17.1. The largest absolute Gasteiger partial charge is 0.485 e. The van der Waals surface area contributed by atoms with Crippen LogP contribution in [0.5, 0.6) is 5.75 Å². The van der Waals surface area contributed by atoms with E-state index in [2.05, 4.69) is 27.8 Å². The summed E-state index contributed by atoms with van der Waals surface area (Å²) in [5.41, 5.74) is 6.19. The molecule has 3 aromatic carbocycles. The number of ether oxygens (including phenoxy) is 1. The molecule has 5 heteroatoms. The van der Waals surface area contributed by atoms with Crippen LogP contribution in [0.1, 0.15) is 23.7 Å². The molecule has 4 aromatic rings. The van der Waals surface area contributed by atoms with Gasteiger partial charge in [-0.15, -0.1) is 5.10 Å². The van der Waals surface area contributed by atoms with Crippen molar-refractivity contribution >= 4 is 22.3 Å². The van der Waals surface area contributed by atoms with E-state index in [1.165, 1.54) is 0 Å². The molecule has 1 aromatic heterocycles. The van der Waals surface area contributed by atoms with Gasteiger partial charge in [0, 0.05) is 22.8 Å². The van der Waals surface area contributed by atoms with Gasteiger partial charge in [0.25, 0.3) is 0 Å². The molecule has 0 unspecified atom stereocenters. The van der Waals surface area contributed by atoms with Crippen molar-refractivity contribution in [2.75, 3.05) is 5.43 Å². The van der Waals surface area contributed by atoms with Crippen LogP contribution in [0.25, 0.3) is 10.8 Å². The molecule has 0 bridgehead atoms. The maximum Gasteiger partial charge on any atom is 0.176 e. The second-order valence-electron chi connectivity index (χ2n) is 6.67. The zero-order valence-corrected chi connectivity index (χ0v) is 15.1. The van der Waals surface area contributed by atoms with Gasteiger partial charge in [0.2, 0.25) is 0 Å². The van der Waals surface area contributed by atoms with Crippen LogP contribution in [-0.4, -0.2) is 15.9 Å². The van der Waals surface area contributed by atoms with Crippen LogP contribution in [-0.2, 0) is 0 Å². The number of para-hydroxylation sites is 1. The molecule has 0 fully saturated rings. The maximum absolute atomic E-state index is 6.23. The zero-order valence-electron chi connectivity index (χ0n) is 15.1. The first-order chi connectivity index (χ1) is 13.9. The van der Waals surface area contributed by atoms with Crippen LogP contribution >= 0.6 is 0 Å². The van der Waals surface area contributed by atoms with Gasteiger partial charge in [-0.3, -0.25) is 5.43 Å². The number of benzene rings is 3. The Kier molecular flexibility index (Phi) is 4.18. The van der Waals surface area contributed by atoms with Crippen molar-refractivity contribution in [2.24, 2.45) is 5.10 Å². The average molecular weight is 366 g/mol. The molecule has 0 saturated carbocycles. The highest BCUT2D eigenvalue weighted by atomic mass is 16.5. The van der Waals surface area contributed by atoms with Gasteiger partial charge in [0.1, 0.15) is 11.9 Å². The fourth-order valence-corrected chi connectivity index (χ4v) is 3.48. The number of hydrazone groups is 1. The molecule has 2 heterocycles. The van der Waals surface area contributed by atoms with E-state index in [4.69, 9.17) is 9.84 Å². The van der Waals surface area contributed by atoms with Crippen LogP contribution in [0.4, 0.5) is 5.82 Å². The van der Waals surface area contributed by atoms with Crippen LogP contribution in [0.15, 0.2) is 90.2 Å². The first kappa shape index (κ1) is 16.4. The van der Waals surface area contributed by atoms with E-state index in [9.17, 15) is 0 Å². The SMILES string of the molecule is c1ccc([C@H]2C/C(=N\Nc3nncc4ccccc34)c3ccccc3O2)cc1. The predicted octanol–water partition coefficient (Wildman–Crippen LogP) is 4.97. The summed E-state index contributed by atoms with van der Waals surface area (Å²) >= 11 is 0. The van der Waals surface area contributed by atoms with E-state index >= 15 is 0 Å². The lowest BCUT2D eigenvalue weighted by molar-refractivity contribution is 0.206. The van der Waals surface area contributed by atoms with Crippen molar-refractivity contribution in [2.45, 2.75) is 12.5 Å². The van der Waals surface area contributed by atoms with Crippen LogP contribution in [0, 0.1) is 0 Å². The van der Waals surface area contributed by atoms with Crippen molar-refractivity contribution in [1.29, 1.82) is 0 Å². The molecule has 1 aliphatic rings. The summed E-state index contributed by atoms with van der Waals surface area (Å²) in [6.45, 7) is 0. The van der Waals surface area contributed by atoms with Gasteiger partial charge >= 0.3 is 0 Å². The Morgan fingerprint density at radius 2 is 1.68 bits per heavy atom. The van der Waals surface area contributed by atoms with Crippen molar-refractivity contribution in [3.63, 3.8) is 0 Å². The van der Waals surface area contributed by atoms with Crippen molar-refractivity contribution in [1.82, 2.24) is 10.2 Å². The summed E-state index contributed by atoms with van der Waals surface area (Å²) in [5, 5.41) is 15.0. The third-order valence-electron chi connectivity index (χ3n) is 4.88. The molecule has 0 amide bonds. The Morgan fingerprint density at radius 3 is 2.61 bits per heavy atom. The molecule has 0 radical (unpaired) electrons. The summed E-state index contributed by atoms with van der Waals surface area (Å²) in [6, 6.07) is 26.2. The molecule has 1 atom stereocenters. The van der Waals surface area contributed by atoms with E-state index in [1.807, 2.05) is 66.7 Å². The molecule has 1 aliphatic heterocycles. The molecular weight excluding hydrogens is 348 g/mol. The van der Waals surface area contributed by atoms with E-state index in [-0.39, 0.29) is 6.10 Å². The maximum atomic E-state index is 6.23. The number of anilines is 1. The summed E-state index contributed by atoms with van der Waals surface area (Å²) in [6.07, 6.45) is 2.35. The van der Waals surface area contributed by atoms with Crippen LogP contribution in [0.3, 0.4) is 0 Å². The van der Waals surface area contributed by atoms with E-state index in [1.54, 1.807) is 6.20 Å². The van der Waals surface area contributed by atoms with Crippen LogP contribution in [0.2, 0.25) is 0 Å². The quantitative estimate of drug-likeness (QED) is 0.520. The molecule has 5 nitrogen and oxygen atoms in total. The van der Waals surface area contributed by atoms with Gasteiger partial charge in [-0.1, -0.05) is 66.7 Å². The lowest BCUT2D eigenvalue weighted by Gasteiger charge is -2.27. The number of aromatic nitrogens is 2. The van der Waals surface area contributed by atoms with E-state index in [0.717, 1.165) is 33.4 Å². The predicted molar refractivity (Wildman–Crippen MR) is 111 cm³/mol. The summed E-state index contributed by atoms with van der Waals surface area (Å²) in [7, 11) is 0. The fourth-order valence-electron chi connectivity index (χ4n) is 3.48. The molecule has 0 spiro atoms. The molecule has 5 rings (SSSR count). The van der Waals surface area contributed by atoms with Crippen molar-refractivity contribution < 1.29 is 4.74 Å². The second-order valence-corrected chi connectivity index (χ2v) is 6.67. The number of hydrogen-bond donors (Lipinski definition) is 1. The monoisotopic (exact) mass is 366 g/mol. The molecule has 136 valence electrons. The lowest BCUT2D eigenvalue weighted by Crippen LogP contribution is -2.22. The number of fused-ring (bicyclic) bond motifs is 2. The minimum absolute atomic E-state index is 0.0738. The molecule has 0 aliphatic carbocycles. The smallest absolute Gasteiger partial charge is 0.176 e. The topological polar surface area (TPSA) is 59.4 Å². The summed E-state index contributed by atoms with van der Waals surface area (Å²) in [5.74, 6) is 1.48. The van der Waals surface area contributed by atoms with Gasteiger partial charge < -0.3 is 4.74 Å². The van der Waals surface area contributed by atoms with E-state index < -0.39 is 0 Å². The fraction of sp³-hybridized carbons (Fsp3) is 0.0870. The Labute approximate surface area is 162 Å². The minimum Gasteiger partial charge on any atom is -0.485 e. The van der Waals surface area contributed by atoms with Gasteiger partial charge in [-0.25, -0.2) is 0 Å². The standard InChI is InChI=1S/C23H18N4O/c1-2-8-16(9-3-1)22-14-20(19-12-6-7-13-21(19)28-22)25-27-23-18-11-5-4-10-17(18)15-24-26-23/h1-13,15,22H,14H2,(H,26,27)/b25-20+/t22-/m1/s1. The first-order valence-corrected chi connectivity index (χ1v) is 9.22. The third-order valence-corrected chi connectivity index (χ3v) is 4.88. The van der Waals surface area contributed by atoms with Crippen molar-refractivity contribution in [3.05, 3.63) is 96.2 Å². The number of rotatable bonds is 3. The Balaban J connectivity index is 1.52. The molecule has 0 saturated heterocycles. The van der Waals surface area contributed by atoms with Gasteiger partial charge in [-0.05, 0) is 17.7 Å². The number of hydrogen-bond acceptors (Lipinski definition) is 5. The van der Waals surface area contributed by atoms with Crippen molar-refractivity contribution in [3.8, 4) is 5.75 Å².